The lowest BCUT2D eigenvalue weighted by Crippen LogP contribution is -2.27. The first-order chi connectivity index (χ1) is 19.6. The zero-order valence-corrected chi connectivity index (χ0v) is 23.1. The average molecular weight is 561 g/mol. The summed E-state index contributed by atoms with van der Waals surface area (Å²) in [4.78, 5) is 53.6. The van der Waals surface area contributed by atoms with Gasteiger partial charge in [-0.1, -0.05) is 12.1 Å². The summed E-state index contributed by atoms with van der Waals surface area (Å²) in [6.45, 7) is 4.87. The summed E-state index contributed by atoms with van der Waals surface area (Å²) in [7, 11) is 1.46. The maximum absolute atomic E-state index is 13.2. The van der Waals surface area contributed by atoms with Gasteiger partial charge >= 0.3 is 0 Å². The molecule has 2 aromatic carbocycles. The molecule has 4 rings (SSSR count). The van der Waals surface area contributed by atoms with Crippen LogP contribution in [0.1, 0.15) is 55.8 Å². The smallest absolute Gasteiger partial charge is 0.276 e. The second kappa shape index (κ2) is 12.3. The Bertz CT molecular complexity index is 1640. The van der Waals surface area contributed by atoms with Gasteiger partial charge in [-0.15, -0.1) is 0 Å². The highest BCUT2D eigenvalue weighted by molar-refractivity contribution is 6.04. The van der Waals surface area contributed by atoms with Crippen LogP contribution >= 0.6 is 0 Å². The lowest BCUT2D eigenvalue weighted by molar-refractivity contribution is -0.120. The van der Waals surface area contributed by atoms with Crippen molar-refractivity contribution in [2.75, 3.05) is 19.0 Å². The minimum Gasteiger partial charge on any atom is -0.494 e. The number of nitrogens with two attached hydrogens (primary N) is 2. The Morgan fingerprint density at radius 2 is 1.78 bits per heavy atom. The molecule has 0 fully saturated rings. The number of imidazole rings is 1. The van der Waals surface area contributed by atoms with Crippen LogP contribution in [0.2, 0.25) is 0 Å². The number of hydrogen-bond donors (Lipinski definition) is 4. The Labute approximate surface area is 235 Å². The molecule has 13 heteroatoms. The van der Waals surface area contributed by atoms with Crippen LogP contribution in [0.5, 0.6) is 5.75 Å². The normalized spacial score (nSPS) is 10.9. The SMILES string of the molecule is CCn1nc(C)cc1C(=O)Nc1nc2cc(C(N)=O)cc(OC)c2n1CCCNC(=O)Cc1cccc(C(N)=O)c1. The number of primary amides is 2. The van der Waals surface area contributed by atoms with Gasteiger partial charge in [0.15, 0.2) is 0 Å². The van der Waals surface area contributed by atoms with E-state index in [0.29, 0.717) is 65.4 Å². The molecule has 0 saturated heterocycles. The minimum atomic E-state index is -0.642. The number of anilines is 1. The molecule has 13 nitrogen and oxygen atoms in total. The Morgan fingerprint density at radius 3 is 2.46 bits per heavy atom. The highest BCUT2D eigenvalue weighted by Crippen LogP contribution is 2.31. The Morgan fingerprint density at radius 1 is 1.02 bits per heavy atom. The van der Waals surface area contributed by atoms with Gasteiger partial charge in [0, 0.05) is 30.8 Å². The molecule has 0 saturated carbocycles. The predicted molar refractivity (Wildman–Crippen MR) is 152 cm³/mol. The Balaban J connectivity index is 1.54. The van der Waals surface area contributed by atoms with E-state index in [4.69, 9.17) is 16.2 Å². The lowest BCUT2D eigenvalue weighted by atomic mass is 10.1. The van der Waals surface area contributed by atoms with Crippen LogP contribution in [0, 0.1) is 6.92 Å². The van der Waals surface area contributed by atoms with Gasteiger partial charge in [-0.05, 0) is 56.2 Å². The third kappa shape index (κ3) is 6.52. The fraction of sp³-hybridized carbons (Fsp3) is 0.286. The Hall–Kier alpha value is -5.20. The topological polar surface area (TPSA) is 189 Å². The molecule has 0 unspecified atom stereocenters. The number of carbonyl (C=O) groups is 4. The first-order valence-electron chi connectivity index (χ1n) is 13.0. The quantitative estimate of drug-likeness (QED) is 0.190. The van der Waals surface area contributed by atoms with Crippen molar-refractivity contribution in [1.29, 1.82) is 0 Å². The molecule has 0 bridgehead atoms. The highest BCUT2D eigenvalue weighted by atomic mass is 16.5. The molecule has 0 spiro atoms. The molecule has 0 aliphatic heterocycles. The fourth-order valence-corrected chi connectivity index (χ4v) is 4.52. The van der Waals surface area contributed by atoms with Crippen molar-refractivity contribution in [2.45, 2.75) is 39.8 Å². The van der Waals surface area contributed by atoms with Gasteiger partial charge in [0.2, 0.25) is 23.7 Å². The van der Waals surface area contributed by atoms with Crippen molar-refractivity contribution in [3.05, 3.63) is 70.5 Å². The maximum Gasteiger partial charge on any atom is 0.276 e. The van der Waals surface area contributed by atoms with E-state index in [-0.39, 0.29) is 23.8 Å². The number of amides is 4. The van der Waals surface area contributed by atoms with Crippen molar-refractivity contribution in [3.8, 4) is 5.75 Å². The van der Waals surface area contributed by atoms with Gasteiger partial charge in [-0.3, -0.25) is 29.2 Å². The Kier molecular flexibility index (Phi) is 8.66. The zero-order valence-electron chi connectivity index (χ0n) is 23.1. The number of methoxy groups -OCH3 is 1. The van der Waals surface area contributed by atoms with Gasteiger partial charge in [0.1, 0.15) is 17.0 Å². The average Bonchev–Trinajstić information content (AvgIpc) is 3.49. The van der Waals surface area contributed by atoms with E-state index in [1.807, 2.05) is 6.92 Å². The van der Waals surface area contributed by atoms with Crippen LogP contribution in [-0.2, 0) is 24.3 Å². The number of hydrogen-bond acceptors (Lipinski definition) is 7. The van der Waals surface area contributed by atoms with Crippen LogP contribution in [0.25, 0.3) is 11.0 Å². The number of nitrogens with one attached hydrogen (secondary N) is 2. The number of rotatable bonds is 12. The monoisotopic (exact) mass is 560 g/mol. The van der Waals surface area contributed by atoms with Crippen molar-refractivity contribution in [1.82, 2.24) is 24.6 Å². The van der Waals surface area contributed by atoms with E-state index in [0.717, 1.165) is 0 Å². The molecule has 41 heavy (non-hydrogen) atoms. The number of fused-ring (bicyclic) bond motifs is 1. The molecule has 4 amide bonds. The molecule has 0 aliphatic rings. The number of nitrogens with zero attached hydrogens (tertiary/aromatic N) is 4. The summed E-state index contributed by atoms with van der Waals surface area (Å²) in [6.07, 6.45) is 0.568. The first kappa shape index (κ1) is 28.8. The second-order valence-corrected chi connectivity index (χ2v) is 9.38. The first-order valence-corrected chi connectivity index (χ1v) is 13.0. The summed E-state index contributed by atoms with van der Waals surface area (Å²) in [5.41, 5.74) is 14.1. The van der Waals surface area contributed by atoms with Gasteiger partial charge in [-0.25, -0.2) is 4.98 Å². The van der Waals surface area contributed by atoms with Crippen molar-refractivity contribution in [3.63, 3.8) is 0 Å². The fourth-order valence-electron chi connectivity index (χ4n) is 4.52. The maximum atomic E-state index is 13.2. The molecule has 6 N–H and O–H groups in total. The number of aromatic nitrogens is 4. The summed E-state index contributed by atoms with van der Waals surface area (Å²) < 4.78 is 8.90. The van der Waals surface area contributed by atoms with E-state index in [1.54, 1.807) is 46.5 Å². The summed E-state index contributed by atoms with van der Waals surface area (Å²) in [5, 5.41) is 10.1. The standard InChI is InChI=1S/C28H32N8O5/c1-4-36-21(11-16(2)34-36)27(40)33-28-32-20-14-19(26(30)39)15-22(41-3)24(20)35(28)10-6-9-31-23(37)13-17-7-5-8-18(12-17)25(29)38/h5,7-8,11-12,14-15H,4,6,9-10,13H2,1-3H3,(H2,29,38)(H2,30,39)(H,31,37)(H,32,33,40). The number of aryl methyl sites for hydroxylation is 3. The van der Waals surface area contributed by atoms with Crippen LogP contribution in [0.4, 0.5) is 5.95 Å². The van der Waals surface area contributed by atoms with Gasteiger partial charge in [-0.2, -0.15) is 5.10 Å². The molecule has 0 aliphatic carbocycles. The lowest BCUT2D eigenvalue weighted by Gasteiger charge is -2.13. The summed E-state index contributed by atoms with van der Waals surface area (Å²) >= 11 is 0. The van der Waals surface area contributed by atoms with Crippen LogP contribution in [0.3, 0.4) is 0 Å². The third-order valence-corrected chi connectivity index (χ3v) is 6.43. The number of ether oxygens (including phenoxy) is 1. The summed E-state index contributed by atoms with van der Waals surface area (Å²) in [5.74, 6) is -1.22. The van der Waals surface area contributed by atoms with E-state index < -0.39 is 17.7 Å². The van der Waals surface area contributed by atoms with Gasteiger partial charge in [0.05, 0.1) is 24.7 Å². The van der Waals surface area contributed by atoms with E-state index >= 15 is 0 Å². The van der Waals surface area contributed by atoms with Crippen molar-refractivity contribution in [2.24, 2.45) is 11.5 Å². The van der Waals surface area contributed by atoms with E-state index in [9.17, 15) is 19.2 Å². The third-order valence-electron chi connectivity index (χ3n) is 6.43. The zero-order chi connectivity index (χ0) is 29.7. The number of benzene rings is 2. The molecule has 2 heterocycles. The van der Waals surface area contributed by atoms with Crippen molar-refractivity contribution >= 4 is 40.6 Å². The van der Waals surface area contributed by atoms with E-state index in [2.05, 4.69) is 20.7 Å². The van der Waals surface area contributed by atoms with Gasteiger partial charge < -0.3 is 26.1 Å². The highest BCUT2D eigenvalue weighted by Gasteiger charge is 2.21. The van der Waals surface area contributed by atoms with Crippen LogP contribution < -0.4 is 26.8 Å². The molecular formula is C28H32N8O5. The van der Waals surface area contributed by atoms with Crippen LogP contribution in [-0.4, -0.2) is 56.6 Å². The summed E-state index contributed by atoms with van der Waals surface area (Å²) in [6, 6.07) is 11.3. The molecule has 0 atom stereocenters. The molecule has 214 valence electrons. The molecule has 4 aromatic rings. The van der Waals surface area contributed by atoms with Crippen molar-refractivity contribution < 1.29 is 23.9 Å². The molecule has 2 aromatic heterocycles. The minimum absolute atomic E-state index is 0.0880. The van der Waals surface area contributed by atoms with Crippen LogP contribution in [0.15, 0.2) is 42.5 Å². The second-order valence-electron chi connectivity index (χ2n) is 9.38. The largest absolute Gasteiger partial charge is 0.494 e. The van der Waals surface area contributed by atoms with E-state index in [1.165, 1.54) is 19.2 Å². The molecule has 0 radical (unpaired) electrons. The van der Waals surface area contributed by atoms with Gasteiger partial charge in [0.25, 0.3) is 5.91 Å². The number of carbonyl (C=O) groups excluding carboxylic acids is 4. The predicted octanol–water partition coefficient (Wildman–Crippen LogP) is 1.77. The molecular weight excluding hydrogens is 528 g/mol.